The number of hydrogen-bond donors (Lipinski definition) is 1. The van der Waals surface area contributed by atoms with Crippen LogP contribution in [0.4, 0.5) is 0 Å². The first-order valence-corrected chi connectivity index (χ1v) is 6.24. The molecule has 15 heavy (non-hydrogen) atoms. The summed E-state index contributed by atoms with van der Waals surface area (Å²) in [6, 6.07) is 0. The van der Waals surface area contributed by atoms with Crippen molar-refractivity contribution >= 4 is 23.7 Å². The highest BCUT2D eigenvalue weighted by Gasteiger charge is 2.30. The van der Waals surface area contributed by atoms with Crippen LogP contribution < -0.4 is 5.73 Å². The van der Waals surface area contributed by atoms with Crippen molar-refractivity contribution in [3.8, 4) is 0 Å². The van der Waals surface area contributed by atoms with E-state index in [0.29, 0.717) is 0 Å². The molecule has 0 spiro atoms. The van der Waals surface area contributed by atoms with Crippen molar-refractivity contribution in [2.75, 3.05) is 0 Å². The van der Waals surface area contributed by atoms with Crippen LogP contribution in [0.3, 0.4) is 0 Å². The Morgan fingerprint density at radius 1 is 1.27 bits per heavy atom. The van der Waals surface area contributed by atoms with E-state index in [1.807, 2.05) is 6.20 Å². The molecule has 0 radical (unpaired) electrons. The topological polar surface area (TPSA) is 38.9 Å². The van der Waals surface area contributed by atoms with Crippen molar-refractivity contribution < 1.29 is 0 Å². The van der Waals surface area contributed by atoms with Crippen LogP contribution in [0, 0.1) is 6.92 Å². The molecular weight excluding hydrogens is 228 g/mol. The first-order valence-electron chi connectivity index (χ1n) is 5.42. The lowest BCUT2D eigenvalue weighted by Gasteiger charge is -2.25. The minimum atomic E-state index is -0.116. The van der Waals surface area contributed by atoms with Crippen LogP contribution in [-0.4, -0.2) is 4.98 Å². The smallest absolute Gasteiger partial charge is 0.113 e. The van der Waals surface area contributed by atoms with Gasteiger partial charge in [0.05, 0.1) is 5.54 Å². The molecule has 1 fully saturated rings. The molecule has 0 amide bonds. The maximum absolute atomic E-state index is 6.44. The third-order valence-electron chi connectivity index (χ3n) is 3.04. The fraction of sp³-hybridized carbons (Fsp3) is 0.727. The van der Waals surface area contributed by atoms with E-state index in [1.165, 1.54) is 30.6 Å². The van der Waals surface area contributed by atoms with E-state index in [9.17, 15) is 0 Å². The van der Waals surface area contributed by atoms with Gasteiger partial charge in [0.25, 0.3) is 0 Å². The Hall–Kier alpha value is -0.120. The van der Waals surface area contributed by atoms with Crippen molar-refractivity contribution in [3.05, 3.63) is 16.1 Å². The molecule has 4 heteroatoms. The van der Waals surface area contributed by atoms with Crippen LogP contribution in [0.25, 0.3) is 0 Å². The second-order valence-corrected chi connectivity index (χ2v) is 5.58. The van der Waals surface area contributed by atoms with E-state index in [1.54, 1.807) is 11.3 Å². The Labute approximate surface area is 102 Å². The molecule has 1 aromatic heterocycles. The van der Waals surface area contributed by atoms with Gasteiger partial charge < -0.3 is 5.73 Å². The molecule has 1 aliphatic carbocycles. The maximum Gasteiger partial charge on any atom is 0.113 e. The lowest BCUT2D eigenvalue weighted by molar-refractivity contribution is 0.384. The van der Waals surface area contributed by atoms with Gasteiger partial charge in [-0.3, -0.25) is 0 Å². The summed E-state index contributed by atoms with van der Waals surface area (Å²) in [5.41, 5.74) is 6.33. The third kappa shape index (κ3) is 2.92. The second kappa shape index (κ2) is 5.28. The lowest BCUT2D eigenvalue weighted by Crippen LogP contribution is -2.35. The summed E-state index contributed by atoms with van der Waals surface area (Å²) in [4.78, 5) is 5.72. The largest absolute Gasteiger partial charge is 0.319 e. The van der Waals surface area contributed by atoms with Crippen LogP contribution >= 0.6 is 23.7 Å². The monoisotopic (exact) mass is 246 g/mol. The van der Waals surface area contributed by atoms with Crippen LogP contribution in [0.5, 0.6) is 0 Å². The third-order valence-corrected chi connectivity index (χ3v) is 4.18. The summed E-state index contributed by atoms with van der Waals surface area (Å²) < 4.78 is 0. The molecule has 1 aliphatic rings. The van der Waals surface area contributed by atoms with Crippen molar-refractivity contribution in [2.45, 2.75) is 51.0 Å². The molecule has 2 nitrogen and oxygen atoms in total. The van der Waals surface area contributed by atoms with Gasteiger partial charge in [-0.15, -0.1) is 23.7 Å². The van der Waals surface area contributed by atoms with Gasteiger partial charge >= 0.3 is 0 Å². The average Bonchev–Trinajstić information content (AvgIpc) is 2.47. The van der Waals surface area contributed by atoms with Crippen LogP contribution in [0.2, 0.25) is 0 Å². The number of nitrogens with two attached hydrogens (primary N) is 1. The molecule has 86 valence electrons. The molecule has 1 aromatic rings. The number of nitrogens with zero attached hydrogens (tertiary/aromatic N) is 1. The molecular formula is C11H19ClN2S. The predicted octanol–water partition coefficient (Wildman–Crippen LogP) is 3.38. The Morgan fingerprint density at radius 2 is 1.87 bits per heavy atom. The molecule has 0 bridgehead atoms. The summed E-state index contributed by atoms with van der Waals surface area (Å²) in [5, 5.41) is 1.15. The molecule has 0 saturated heterocycles. The normalized spacial score (nSPS) is 20.4. The van der Waals surface area contributed by atoms with Gasteiger partial charge in [-0.2, -0.15) is 0 Å². The van der Waals surface area contributed by atoms with Gasteiger partial charge in [0, 0.05) is 11.1 Å². The highest BCUT2D eigenvalue weighted by molar-refractivity contribution is 7.11. The number of halogens is 1. The standard InChI is InChI=1S/C11H18N2S.ClH/c1-9-8-13-10(14-9)11(12)6-4-2-3-5-7-11;/h8H,2-7,12H2,1H3;1H. The molecule has 0 unspecified atom stereocenters. The van der Waals surface area contributed by atoms with E-state index in [0.717, 1.165) is 17.8 Å². The highest BCUT2D eigenvalue weighted by Crippen LogP contribution is 2.35. The molecule has 2 N–H and O–H groups in total. The number of thiazole rings is 1. The van der Waals surface area contributed by atoms with Crippen molar-refractivity contribution in [3.63, 3.8) is 0 Å². The molecule has 0 atom stereocenters. The molecule has 0 aliphatic heterocycles. The average molecular weight is 247 g/mol. The zero-order valence-electron chi connectivity index (χ0n) is 9.16. The highest BCUT2D eigenvalue weighted by atomic mass is 35.5. The molecule has 1 saturated carbocycles. The SMILES string of the molecule is Cc1cnc(C2(N)CCCCCC2)s1.Cl. The summed E-state index contributed by atoms with van der Waals surface area (Å²) in [6.07, 6.45) is 9.36. The fourth-order valence-electron chi connectivity index (χ4n) is 2.16. The molecule has 2 rings (SSSR count). The minimum absolute atomic E-state index is 0. The Kier molecular flexibility index (Phi) is 4.56. The maximum atomic E-state index is 6.44. The van der Waals surface area contributed by atoms with Crippen LogP contribution in [0.1, 0.15) is 48.4 Å². The number of hydrogen-bond acceptors (Lipinski definition) is 3. The molecule has 1 heterocycles. The fourth-order valence-corrected chi connectivity index (χ4v) is 3.08. The van der Waals surface area contributed by atoms with Crippen molar-refractivity contribution in [1.82, 2.24) is 4.98 Å². The number of rotatable bonds is 1. The quantitative estimate of drug-likeness (QED) is 0.772. The zero-order valence-corrected chi connectivity index (χ0v) is 10.8. The number of aromatic nitrogens is 1. The van der Waals surface area contributed by atoms with Crippen molar-refractivity contribution in [2.24, 2.45) is 5.73 Å². The second-order valence-electron chi connectivity index (χ2n) is 4.35. The van der Waals surface area contributed by atoms with Crippen LogP contribution in [-0.2, 0) is 5.54 Å². The first kappa shape index (κ1) is 12.9. The lowest BCUT2D eigenvalue weighted by atomic mass is 9.92. The van der Waals surface area contributed by atoms with E-state index in [2.05, 4.69) is 11.9 Å². The zero-order chi connectivity index (χ0) is 10.0. The van der Waals surface area contributed by atoms with E-state index >= 15 is 0 Å². The summed E-state index contributed by atoms with van der Waals surface area (Å²) in [7, 11) is 0. The van der Waals surface area contributed by atoms with Gasteiger partial charge in [-0.05, 0) is 19.8 Å². The number of aryl methyl sites for hydroxylation is 1. The summed E-state index contributed by atoms with van der Waals surface area (Å²) >= 11 is 1.77. The van der Waals surface area contributed by atoms with Crippen molar-refractivity contribution in [1.29, 1.82) is 0 Å². The Morgan fingerprint density at radius 3 is 2.33 bits per heavy atom. The van der Waals surface area contributed by atoms with E-state index < -0.39 is 0 Å². The predicted molar refractivity (Wildman–Crippen MR) is 67.7 cm³/mol. The van der Waals surface area contributed by atoms with Gasteiger partial charge in [0.2, 0.25) is 0 Å². The van der Waals surface area contributed by atoms with Gasteiger partial charge in [-0.25, -0.2) is 4.98 Å². The first-order chi connectivity index (χ1) is 6.71. The van der Waals surface area contributed by atoms with Gasteiger partial charge in [0.1, 0.15) is 5.01 Å². The van der Waals surface area contributed by atoms with E-state index in [-0.39, 0.29) is 17.9 Å². The Balaban J connectivity index is 0.00000112. The summed E-state index contributed by atoms with van der Waals surface area (Å²) in [5.74, 6) is 0. The van der Waals surface area contributed by atoms with Gasteiger partial charge in [-0.1, -0.05) is 25.7 Å². The Bertz CT molecular complexity index is 303. The summed E-state index contributed by atoms with van der Waals surface area (Å²) in [6.45, 7) is 2.10. The molecule has 0 aromatic carbocycles. The van der Waals surface area contributed by atoms with Gasteiger partial charge in [0.15, 0.2) is 0 Å². The van der Waals surface area contributed by atoms with Crippen LogP contribution in [0.15, 0.2) is 6.20 Å². The minimum Gasteiger partial charge on any atom is -0.319 e. The van der Waals surface area contributed by atoms with E-state index in [4.69, 9.17) is 5.73 Å².